The number of nitrogen functional groups attached to an aromatic ring is 1. The smallest absolute Gasteiger partial charge is 0.259 e. The lowest BCUT2D eigenvalue weighted by Crippen LogP contribution is -2.28. The van der Waals surface area contributed by atoms with E-state index in [2.05, 4.69) is 21.3 Å². The number of carbonyl (C=O) groups excluding carboxylic acids is 1. The number of hydrogen-bond acceptors (Lipinski definition) is 6. The fourth-order valence-electron chi connectivity index (χ4n) is 3.61. The maximum absolute atomic E-state index is 13.1. The molecule has 9 heteroatoms. The summed E-state index contributed by atoms with van der Waals surface area (Å²) in [6.45, 7) is 1.88. The average molecular weight is 427 g/mol. The van der Waals surface area contributed by atoms with Crippen molar-refractivity contribution in [2.45, 2.75) is 13.0 Å². The standard InChI is InChI=1S/C22H17N7OS/c1-3-15-12-31-22-26-17(18(29(15)22)14-8-5-4-6-9-14)13(2)25-21(30)16-19(23)27-28-11-7-10-24-20(16)28/h1,4-13H,2H3,(H2,23,27)(H,25,30). The molecule has 3 N–H and O–H groups in total. The van der Waals surface area contributed by atoms with E-state index in [-0.39, 0.29) is 17.3 Å². The number of nitrogens with zero attached hydrogens (tertiary/aromatic N) is 5. The zero-order valence-electron chi connectivity index (χ0n) is 16.5. The molecule has 1 atom stereocenters. The molecule has 4 heterocycles. The third-order valence-corrected chi connectivity index (χ3v) is 5.82. The van der Waals surface area contributed by atoms with E-state index in [0.717, 1.165) is 16.2 Å². The first-order valence-corrected chi connectivity index (χ1v) is 10.4. The van der Waals surface area contributed by atoms with Crippen molar-refractivity contribution >= 4 is 33.7 Å². The lowest BCUT2D eigenvalue weighted by molar-refractivity contribution is 0.0941. The summed E-state index contributed by atoms with van der Waals surface area (Å²) in [6, 6.07) is 11.1. The van der Waals surface area contributed by atoms with Crippen LogP contribution in [0, 0.1) is 12.3 Å². The zero-order chi connectivity index (χ0) is 21.5. The van der Waals surface area contributed by atoms with Crippen LogP contribution in [0.4, 0.5) is 5.82 Å². The highest BCUT2D eigenvalue weighted by Gasteiger charge is 2.26. The molecule has 1 amide bonds. The monoisotopic (exact) mass is 427 g/mol. The van der Waals surface area contributed by atoms with Gasteiger partial charge in [-0.2, -0.15) is 0 Å². The van der Waals surface area contributed by atoms with Crippen LogP contribution < -0.4 is 11.1 Å². The number of amides is 1. The molecule has 0 aliphatic rings. The third-order valence-electron chi connectivity index (χ3n) is 4.99. The molecule has 0 saturated carbocycles. The number of terminal acetylenes is 1. The highest BCUT2D eigenvalue weighted by atomic mass is 32.1. The first-order chi connectivity index (χ1) is 15.1. The number of aromatic nitrogens is 5. The number of fused-ring (bicyclic) bond motifs is 2. The molecule has 4 aromatic heterocycles. The lowest BCUT2D eigenvalue weighted by Gasteiger charge is -2.14. The molecular formula is C22H17N7OS. The Bertz CT molecular complexity index is 1470. The van der Waals surface area contributed by atoms with Crippen molar-refractivity contribution in [1.29, 1.82) is 0 Å². The van der Waals surface area contributed by atoms with Crippen LogP contribution in [0.1, 0.15) is 34.7 Å². The fourth-order valence-corrected chi connectivity index (χ4v) is 4.45. The Kier molecular flexibility index (Phi) is 4.42. The summed E-state index contributed by atoms with van der Waals surface area (Å²) in [5.74, 6) is 2.46. The summed E-state index contributed by atoms with van der Waals surface area (Å²) in [7, 11) is 0. The summed E-state index contributed by atoms with van der Waals surface area (Å²) in [4.78, 5) is 22.9. The van der Waals surface area contributed by atoms with Gasteiger partial charge in [0, 0.05) is 23.3 Å². The maximum Gasteiger partial charge on any atom is 0.259 e. The van der Waals surface area contributed by atoms with Gasteiger partial charge in [0.05, 0.1) is 17.4 Å². The molecule has 0 aliphatic carbocycles. The van der Waals surface area contributed by atoms with Crippen molar-refractivity contribution in [3.63, 3.8) is 0 Å². The van der Waals surface area contributed by atoms with Crippen LogP contribution in [0.15, 0.2) is 54.2 Å². The predicted molar refractivity (Wildman–Crippen MR) is 120 cm³/mol. The topological polar surface area (TPSA) is 103 Å². The highest BCUT2D eigenvalue weighted by Crippen LogP contribution is 2.33. The second-order valence-corrected chi connectivity index (χ2v) is 7.77. The Morgan fingerprint density at radius 3 is 2.87 bits per heavy atom. The first kappa shape index (κ1) is 18.8. The van der Waals surface area contributed by atoms with E-state index in [1.807, 2.05) is 47.0 Å². The van der Waals surface area contributed by atoms with Crippen LogP contribution in [-0.4, -0.2) is 29.9 Å². The van der Waals surface area contributed by atoms with Gasteiger partial charge in [-0.25, -0.2) is 14.5 Å². The van der Waals surface area contributed by atoms with Gasteiger partial charge in [0.25, 0.3) is 5.91 Å². The Hall–Kier alpha value is -4.16. The summed E-state index contributed by atoms with van der Waals surface area (Å²) < 4.78 is 3.43. The van der Waals surface area contributed by atoms with E-state index in [4.69, 9.17) is 17.1 Å². The molecule has 5 rings (SSSR count). The number of thiazole rings is 1. The van der Waals surface area contributed by atoms with E-state index in [1.165, 1.54) is 15.9 Å². The van der Waals surface area contributed by atoms with Crippen LogP contribution in [0.5, 0.6) is 0 Å². The number of carbonyl (C=O) groups is 1. The number of rotatable bonds is 4. The minimum atomic E-state index is -0.418. The van der Waals surface area contributed by atoms with E-state index in [9.17, 15) is 4.79 Å². The van der Waals surface area contributed by atoms with E-state index >= 15 is 0 Å². The molecule has 8 nitrogen and oxygen atoms in total. The predicted octanol–water partition coefficient (Wildman–Crippen LogP) is 3.16. The Morgan fingerprint density at radius 1 is 1.29 bits per heavy atom. The van der Waals surface area contributed by atoms with Gasteiger partial charge in [0.2, 0.25) is 0 Å². The van der Waals surface area contributed by atoms with Crippen molar-refractivity contribution in [2.75, 3.05) is 5.73 Å². The molecule has 1 aromatic carbocycles. The quantitative estimate of drug-likeness (QED) is 0.429. The van der Waals surface area contributed by atoms with Gasteiger partial charge < -0.3 is 11.1 Å². The first-order valence-electron chi connectivity index (χ1n) is 9.50. The minimum Gasteiger partial charge on any atom is -0.381 e. The number of imidazole rings is 1. The molecule has 0 fully saturated rings. The van der Waals surface area contributed by atoms with Gasteiger partial charge in [-0.15, -0.1) is 22.9 Å². The minimum absolute atomic E-state index is 0.118. The number of hydrogen-bond donors (Lipinski definition) is 2. The molecule has 0 saturated heterocycles. The van der Waals surface area contributed by atoms with Gasteiger partial charge in [-0.1, -0.05) is 36.3 Å². The van der Waals surface area contributed by atoms with Crippen molar-refractivity contribution in [3.05, 3.63) is 71.1 Å². The molecule has 0 spiro atoms. The summed E-state index contributed by atoms with van der Waals surface area (Å²) in [5, 5.41) is 9.05. The van der Waals surface area contributed by atoms with Crippen LogP contribution in [0.25, 0.3) is 21.9 Å². The largest absolute Gasteiger partial charge is 0.381 e. The van der Waals surface area contributed by atoms with E-state index in [1.54, 1.807) is 18.5 Å². The van der Waals surface area contributed by atoms with Gasteiger partial charge >= 0.3 is 0 Å². The fraction of sp³-hybridized carbons (Fsp3) is 0.0909. The van der Waals surface area contributed by atoms with Gasteiger partial charge in [0.1, 0.15) is 11.3 Å². The molecule has 5 aromatic rings. The molecule has 152 valence electrons. The van der Waals surface area contributed by atoms with Crippen molar-refractivity contribution in [3.8, 4) is 23.6 Å². The Morgan fingerprint density at radius 2 is 2.10 bits per heavy atom. The number of nitrogens with two attached hydrogens (primary N) is 1. The van der Waals surface area contributed by atoms with Crippen molar-refractivity contribution < 1.29 is 4.79 Å². The summed E-state index contributed by atoms with van der Waals surface area (Å²) >= 11 is 1.46. The van der Waals surface area contributed by atoms with Crippen molar-refractivity contribution in [2.24, 2.45) is 0 Å². The van der Waals surface area contributed by atoms with Crippen LogP contribution in [-0.2, 0) is 0 Å². The van der Waals surface area contributed by atoms with E-state index in [0.29, 0.717) is 17.0 Å². The second kappa shape index (κ2) is 7.27. The number of nitrogens with one attached hydrogen (secondary N) is 1. The summed E-state index contributed by atoms with van der Waals surface area (Å²) in [6.07, 6.45) is 9.00. The van der Waals surface area contributed by atoms with Crippen LogP contribution in [0.3, 0.4) is 0 Å². The van der Waals surface area contributed by atoms with Gasteiger partial charge in [-0.05, 0) is 13.0 Å². The number of anilines is 1. The SMILES string of the molecule is C#Cc1csc2nc(C(C)NC(=O)c3c(N)nn4cccnc34)c(-c3ccccc3)n12. The lowest BCUT2D eigenvalue weighted by atomic mass is 10.1. The molecule has 31 heavy (non-hydrogen) atoms. The van der Waals surface area contributed by atoms with Gasteiger partial charge in [0.15, 0.2) is 16.4 Å². The summed E-state index contributed by atoms with van der Waals surface area (Å²) in [5.41, 5.74) is 9.87. The second-order valence-electron chi connectivity index (χ2n) is 6.94. The third kappa shape index (κ3) is 3.01. The number of benzene rings is 1. The Balaban J connectivity index is 1.58. The Labute approximate surface area is 181 Å². The normalized spacial score (nSPS) is 12.1. The molecule has 1 unspecified atom stereocenters. The highest BCUT2D eigenvalue weighted by molar-refractivity contribution is 7.15. The molecular weight excluding hydrogens is 410 g/mol. The van der Waals surface area contributed by atoms with Crippen LogP contribution >= 0.6 is 11.3 Å². The maximum atomic E-state index is 13.1. The average Bonchev–Trinajstić information content (AvgIpc) is 3.44. The molecule has 0 aliphatic heterocycles. The zero-order valence-corrected chi connectivity index (χ0v) is 17.3. The van der Waals surface area contributed by atoms with Crippen molar-refractivity contribution in [1.82, 2.24) is 29.3 Å². The molecule has 0 bridgehead atoms. The van der Waals surface area contributed by atoms with Gasteiger partial charge in [-0.3, -0.25) is 9.20 Å². The van der Waals surface area contributed by atoms with Crippen LogP contribution in [0.2, 0.25) is 0 Å². The van der Waals surface area contributed by atoms with E-state index < -0.39 is 6.04 Å². The molecule has 0 radical (unpaired) electrons.